The summed E-state index contributed by atoms with van der Waals surface area (Å²) in [5, 5.41) is 0. The summed E-state index contributed by atoms with van der Waals surface area (Å²) in [6, 6.07) is 0. The molecule has 0 aromatic carbocycles. The molecular formula is C12H22N2OS. The standard InChI is InChI=1S/C12H22N2OS/c1-5-12(4,9(13)16)10(15)14-7-6-11(2,3)8-14/h5-8H2,1-4H3,(H2,13,16). The summed E-state index contributed by atoms with van der Waals surface area (Å²) in [5.41, 5.74) is 5.25. The predicted octanol–water partition coefficient (Wildman–Crippen LogP) is 1.95. The molecule has 0 aromatic heterocycles. The lowest BCUT2D eigenvalue weighted by atomic mass is 9.85. The molecule has 0 bridgehead atoms. The molecule has 92 valence electrons. The number of amides is 1. The van der Waals surface area contributed by atoms with Crippen molar-refractivity contribution in [1.82, 2.24) is 4.90 Å². The second-order valence-electron chi connectivity index (χ2n) is 5.69. The van der Waals surface area contributed by atoms with Crippen LogP contribution in [0.3, 0.4) is 0 Å². The number of thiocarbonyl (C=S) groups is 1. The Bertz CT molecular complexity index is 314. The molecule has 1 saturated heterocycles. The van der Waals surface area contributed by atoms with E-state index in [9.17, 15) is 4.79 Å². The number of nitrogens with zero attached hydrogens (tertiary/aromatic N) is 1. The number of carbonyl (C=O) groups excluding carboxylic acids is 1. The minimum Gasteiger partial charge on any atom is -0.392 e. The summed E-state index contributed by atoms with van der Waals surface area (Å²) < 4.78 is 0. The van der Waals surface area contributed by atoms with Gasteiger partial charge < -0.3 is 10.6 Å². The Morgan fingerprint density at radius 3 is 2.44 bits per heavy atom. The van der Waals surface area contributed by atoms with Gasteiger partial charge in [-0.15, -0.1) is 0 Å². The SMILES string of the molecule is CCC(C)(C(=O)N1CCC(C)(C)C1)C(N)=S. The van der Waals surface area contributed by atoms with E-state index in [-0.39, 0.29) is 11.3 Å². The highest BCUT2D eigenvalue weighted by atomic mass is 32.1. The normalized spacial score (nSPS) is 22.9. The Balaban J connectivity index is 2.82. The molecule has 1 aliphatic rings. The number of carbonyl (C=O) groups is 1. The van der Waals surface area contributed by atoms with E-state index in [1.807, 2.05) is 18.7 Å². The second kappa shape index (κ2) is 4.32. The van der Waals surface area contributed by atoms with E-state index in [0.717, 1.165) is 19.5 Å². The van der Waals surface area contributed by atoms with Gasteiger partial charge in [0, 0.05) is 13.1 Å². The van der Waals surface area contributed by atoms with Crippen LogP contribution in [-0.4, -0.2) is 28.9 Å². The van der Waals surface area contributed by atoms with Crippen LogP contribution in [0.4, 0.5) is 0 Å². The predicted molar refractivity (Wildman–Crippen MR) is 70.2 cm³/mol. The van der Waals surface area contributed by atoms with Crippen molar-refractivity contribution in [3.05, 3.63) is 0 Å². The van der Waals surface area contributed by atoms with Gasteiger partial charge in [0.2, 0.25) is 5.91 Å². The van der Waals surface area contributed by atoms with Crippen LogP contribution in [0, 0.1) is 10.8 Å². The Morgan fingerprint density at radius 2 is 2.12 bits per heavy atom. The third-order valence-corrected chi connectivity index (χ3v) is 4.14. The van der Waals surface area contributed by atoms with E-state index in [1.165, 1.54) is 0 Å². The summed E-state index contributed by atoms with van der Waals surface area (Å²) in [5.74, 6) is 0.0908. The van der Waals surface area contributed by atoms with Crippen LogP contribution in [0.2, 0.25) is 0 Å². The van der Waals surface area contributed by atoms with E-state index in [4.69, 9.17) is 18.0 Å². The van der Waals surface area contributed by atoms with Gasteiger partial charge >= 0.3 is 0 Å². The first-order valence-electron chi connectivity index (χ1n) is 5.82. The molecule has 0 radical (unpaired) electrons. The summed E-state index contributed by atoms with van der Waals surface area (Å²) in [6.07, 6.45) is 1.72. The summed E-state index contributed by atoms with van der Waals surface area (Å²) in [7, 11) is 0. The fourth-order valence-corrected chi connectivity index (χ4v) is 2.30. The lowest BCUT2D eigenvalue weighted by Gasteiger charge is -2.31. The molecule has 1 heterocycles. The first-order valence-corrected chi connectivity index (χ1v) is 6.23. The summed E-state index contributed by atoms with van der Waals surface area (Å²) in [6.45, 7) is 9.81. The van der Waals surface area contributed by atoms with Crippen molar-refractivity contribution in [3.8, 4) is 0 Å². The minimum absolute atomic E-state index is 0.0908. The zero-order valence-corrected chi connectivity index (χ0v) is 11.5. The second-order valence-corrected chi connectivity index (χ2v) is 6.13. The topological polar surface area (TPSA) is 46.3 Å². The van der Waals surface area contributed by atoms with Crippen LogP contribution in [0.15, 0.2) is 0 Å². The van der Waals surface area contributed by atoms with E-state index < -0.39 is 5.41 Å². The molecule has 0 aliphatic carbocycles. The van der Waals surface area contributed by atoms with Crippen molar-refractivity contribution in [3.63, 3.8) is 0 Å². The molecule has 16 heavy (non-hydrogen) atoms. The highest BCUT2D eigenvalue weighted by molar-refractivity contribution is 7.80. The molecule has 2 N–H and O–H groups in total. The van der Waals surface area contributed by atoms with Gasteiger partial charge in [-0.2, -0.15) is 0 Å². The van der Waals surface area contributed by atoms with E-state index in [2.05, 4.69) is 13.8 Å². The smallest absolute Gasteiger partial charge is 0.235 e. The van der Waals surface area contributed by atoms with Crippen molar-refractivity contribution in [1.29, 1.82) is 0 Å². The fraction of sp³-hybridized carbons (Fsp3) is 0.833. The lowest BCUT2D eigenvalue weighted by Crippen LogP contribution is -2.48. The highest BCUT2D eigenvalue weighted by Crippen LogP contribution is 2.33. The van der Waals surface area contributed by atoms with Gasteiger partial charge in [0.25, 0.3) is 0 Å². The molecule has 4 heteroatoms. The Hall–Kier alpha value is -0.640. The number of likely N-dealkylation sites (tertiary alicyclic amines) is 1. The molecule has 1 atom stereocenters. The maximum absolute atomic E-state index is 12.4. The molecular weight excluding hydrogens is 220 g/mol. The van der Waals surface area contributed by atoms with Crippen LogP contribution in [0.1, 0.15) is 40.5 Å². The van der Waals surface area contributed by atoms with Crippen molar-refractivity contribution >= 4 is 23.1 Å². The lowest BCUT2D eigenvalue weighted by molar-refractivity contribution is -0.137. The van der Waals surface area contributed by atoms with E-state index in [0.29, 0.717) is 11.4 Å². The van der Waals surface area contributed by atoms with Crippen LogP contribution in [-0.2, 0) is 4.79 Å². The molecule has 1 rings (SSSR count). The van der Waals surface area contributed by atoms with Gasteiger partial charge in [-0.05, 0) is 25.2 Å². The third-order valence-electron chi connectivity index (χ3n) is 3.69. The van der Waals surface area contributed by atoms with Crippen molar-refractivity contribution in [2.75, 3.05) is 13.1 Å². The number of nitrogens with two attached hydrogens (primary N) is 1. The van der Waals surface area contributed by atoms with Crippen LogP contribution in [0.5, 0.6) is 0 Å². The maximum atomic E-state index is 12.4. The van der Waals surface area contributed by atoms with Gasteiger partial charge in [0.05, 0.1) is 10.4 Å². The molecule has 0 saturated carbocycles. The molecule has 0 aromatic rings. The summed E-state index contributed by atoms with van der Waals surface area (Å²) in [4.78, 5) is 14.6. The fourth-order valence-electron chi connectivity index (χ4n) is 2.07. The zero-order chi connectivity index (χ0) is 12.6. The van der Waals surface area contributed by atoms with Gasteiger partial charge in [0.15, 0.2) is 0 Å². The quantitative estimate of drug-likeness (QED) is 0.769. The molecule has 1 fully saturated rings. The van der Waals surface area contributed by atoms with Crippen LogP contribution < -0.4 is 5.73 Å². The number of hydrogen-bond acceptors (Lipinski definition) is 2. The van der Waals surface area contributed by atoms with Gasteiger partial charge in [0.1, 0.15) is 0 Å². The Labute approximate surface area is 103 Å². The highest BCUT2D eigenvalue weighted by Gasteiger charge is 2.42. The molecule has 1 aliphatic heterocycles. The van der Waals surface area contributed by atoms with E-state index in [1.54, 1.807) is 0 Å². The average molecular weight is 242 g/mol. The first-order chi connectivity index (χ1) is 7.23. The van der Waals surface area contributed by atoms with Crippen LogP contribution >= 0.6 is 12.2 Å². The third kappa shape index (κ3) is 2.37. The van der Waals surface area contributed by atoms with Gasteiger partial charge in [-0.25, -0.2) is 0 Å². The van der Waals surface area contributed by atoms with Gasteiger partial charge in [-0.1, -0.05) is 33.0 Å². The Morgan fingerprint density at radius 1 is 1.56 bits per heavy atom. The zero-order valence-electron chi connectivity index (χ0n) is 10.7. The van der Waals surface area contributed by atoms with Crippen molar-refractivity contribution < 1.29 is 4.79 Å². The monoisotopic (exact) mass is 242 g/mol. The maximum Gasteiger partial charge on any atom is 0.235 e. The van der Waals surface area contributed by atoms with Gasteiger partial charge in [-0.3, -0.25) is 4.79 Å². The average Bonchev–Trinajstić information content (AvgIpc) is 2.56. The first kappa shape index (κ1) is 13.4. The molecule has 3 nitrogen and oxygen atoms in total. The summed E-state index contributed by atoms with van der Waals surface area (Å²) >= 11 is 5.03. The van der Waals surface area contributed by atoms with E-state index >= 15 is 0 Å². The largest absolute Gasteiger partial charge is 0.392 e. The van der Waals surface area contributed by atoms with Crippen molar-refractivity contribution in [2.45, 2.75) is 40.5 Å². The Kier molecular flexibility index (Phi) is 3.62. The number of hydrogen-bond donors (Lipinski definition) is 1. The molecule has 1 amide bonds. The van der Waals surface area contributed by atoms with Crippen molar-refractivity contribution in [2.24, 2.45) is 16.6 Å². The molecule has 1 unspecified atom stereocenters. The van der Waals surface area contributed by atoms with Crippen LogP contribution in [0.25, 0.3) is 0 Å². The minimum atomic E-state index is -0.671. The molecule has 0 spiro atoms. The number of rotatable bonds is 3.